The third-order valence-electron chi connectivity index (χ3n) is 3.54. The Balaban J connectivity index is 1.91. The van der Waals surface area contributed by atoms with Crippen LogP contribution in [0.1, 0.15) is 39.4 Å². The quantitative estimate of drug-likeness (QED) is 0.801. The maximum absolute atomic E-state index is 12.4. The minimum atomic E-state index is -0.102. The average Bonchev–Trinajstić information content (AvgIpc) is 3.12. The Hall–Kier alpha value is -2.21. The van der Waals surface area contributed by atoms with Crippen LogP contribution < -0.4 is 5.32 Å². The van der Waals surface area contributed by atoms with E-state index in [1.807, 2.05) is 26.8 Å². The summed E-state index contributed by atoms with van der Waals surface area (Å²) in [5.41, 5.74) is 1.87. The van der Waals surface area contributed by atoms with E-state index >= 15 is 0 Å². The van der Waals surface area contributed by atoms with Crippen molar-refractivity contribution in [2.45, 2.75) is 33.7 Å². The Kier molecular flexibility index (Phi) is 3.94. The van der Waals surface area contributed by atoms with E-state index < -0.39 is 0 Å². The summed E-state index contributed by atoms with van der Waals surface area (Å²) in [6.07, 6.45) is 2.38. The molecule has 22 heavy (non-hydrogen) atoms. The number of nitrogens with one attached hydrogen (secondary N) is 1. The summed E-state index contributed by atoms with van der Waals surface area (Å²) in [6, 6.07) is 3.64. The molecule has 0 aromatic carbocycles. The van der Waals surface area contributed by atoms with Crippen molar-refractivity contribution < 1.29 is 9.21 Å². The molecule has 0 aliphatic heterocycles. The lowest BCUT2D eigenvalue weighted by Crippen LogP contribution is -2.22. The SMILES string of the molecule is CCc1nc(C)c2c(C)c(C(=O)NCc3ccco3)sc2n1. The van der Waals surface area contributed by atoms with Gasteiger partial charge in [-0.3, -0.25) is 4.79 Å². The first-order chi connectivity index (χ1) is 10.6. The number of hydrogen-bond acceptors (Lipinski definition) is 5. The van der Waals surface area contributed by atoms with Crippen LogP contribution in [-0.2, 0) is 13.0 Å². The van der Waals surface area contributed by atoms with Gasteiger partial charge in [-0.25, -0.2) is 9.97 Å². The number of fused-ring (bicyclic) bond motifs is 1. The Morgan fingerprint density at radius 1 is 1.36 bits per heavy atom. The highest BCUT2D eigenvalue weighted by molar-refractivity contribution is 7.20. The van der Waals surface area contributed by atoms with E-state index in [9.17, 15) is 4.79 Å². The molecule has 0 aliphatic carbocycles. The van der Waals surface area contributed by atoms with Gasteiger partial charge in [0.2, 0.25) is 0 Å². The van der Waals surface area contributed by atoms with Crippen LogP contribution in [0.15, 0.2) is 22.8 Å². The van der Waals surface area contributed by atoms with Crippen molar-refractivity contribution in [1.82, 2.24) is 15.3 Å². The molecule has 0 unspecified atom stereocenters. The Morgan fingerprint density at radius 2 is 2.18 bits per heavy atom. The number of aryl methyl sites for hydroxylation is 3. The lowest BCUT2D eigenvalue weighted by atomic mass is 10.1. The van der Waals surface area contributed by atoms with Crippen LogP contribution in [0.3, 0.4) is 0 Å². The van der Waals surface area contributed by atoms with Crippen molar-refractivity contribution in [2.24, 2.45) is 0 Å². The average molecular weight is 315 g/mol. The van der Waals surface area contributed by atoms with Crippen molar-refractivity contribution in [2.75, 3.05) is 0 Å². The van der Waals surface area contributed by atoms with Crippen molar-refractivity contribution in [3.05, 3.63) is 46.1 Å². The van der Waals surface area contributed by atoms with Gasteiger partial charge in [-0.15, -0.1) is 11.3 Å². The molecule has 0 fully saturated rings. The van der Waals surface area contributed by atoms with Crippen LogP contribution in [-0.4, -0.2) is 15.9 Å². The Morgan fingerprint density at radius 3 is 2.86 bits per heavy atom. The Labute approximate surface area is 132 Å². The number of aromatic nitrogens is 2. The van der Waals surface area contributed by atoms with E-state index in [4.69, 9.17) is 4.42 Å². The molecule has 6 heteroatoms. The van der Waals surface area contributed by atoms with Crippen LogP contribution in [0.4, 0.5) is 0 Å². The van der Waals surface area contributed by atoms with Crippen molar-refractivity contribution in [1.29, 1.82) is 0 Å². The smallest absolute Gasteiger partial charge is 0.262 e. The van der Waals surface area contributed by atoms with Crippen molar-refractivity contribution in [3.63, 3.8) is 0 Å². The molecule has 5 nitrogen and oxygen atoms in total. The van der Waals surface area contributed by atoms with Gasteiger partial charge in [-0.2, -0.15) is 0 Å². The number of thiophene rings is 1. The van der Waals surface area contributed by atoms with Crippen LogP contribution in [0.2, 0.25) is 0 Å². The molecule has 1 N–H and O–H groups in total. The summed E-state index contributed by atoms with van der Waals surface area (Å²) in [4.78, 5) is 23.0. The van der Waals surface area contributed by atoms with Gasteiger partial charge in [0.25, 0.3) is 5.91 Å². The zero-order valence-corrected chi connectivity index (χ0v) is 13.6. The molecule has 0 bridgehead atoms. The summed E-state index contributed by atoms with van der Waals surface area (Å²) >= 11 is 1.42. The molecule has 0 radical (unpaired) electrons. The molecular formula is C16H17N3O2S. The number of carbonyl (C=O) groups is 1. The molecule has 0 saturated heterocycles. The highest BCUT2D eigenvalue weighted by Gasteiger charge is 2.18. The zero-order chi connectivity index (χ0) is 15.7. The fourth-order valence-electron chi connectivity index (χ4n) is 2.43. The molecule has 114 valence electrons. The summed E-state index contributed by atoms with van der Waals surface area (Å²) in [6.45, 7) is 6.32. The second kappa shape index (κ2) is 5.88. The fourth-order valence-corrected chi connectivity index (χ4v) is 3.60. The van der Waals surface area contributed by atoms with E-state index in [1.165, 1.54) is 11.3 Å². The van der Waals surface area contributed by atoms with Crippen LogP contribution in [0.25, 0.3) is 10.2 Å². The van der Waals surface area contributed by atoms with E-state index in [1.54, 1.807) is 12.3 Å². The maximum atomic E-state index is 12.4. The molecule has 3 aromatic rings. The second-order valence-electron chi connectivity index (χ2n) is 5.08. The first-order valence-electron chi connectivity index (χ1n) is 7.17. The second-order valence-corrected chi connectivity index (χ2v) is 6.08. The van der Waals surface area contributed by atoms with Crippen molar-refractivity contribution in [3.8, 4) is 0 Å². The van der Waals surface area contributed by atoms with Crippen LogP contribution in [0, 0.1) is 13.8 Å². The molecule has 0 atom stereocenters. The topological polar surface area (TPSA) is 68.0 Å². The van der Waals surface area contributed by atoms with Gasteiger partial charge < -0.3 is 9.73 Å². The number of hydrogen-bond donors (Lipinski definition) is 1. The predicted octanol–water partition coefficient (Wildman–Crippen LogP) is 3.39. The maximum Gasteiger partial charge on any atom is 0.262 e. The first-order valence-corrected chi connectivity index (χ1v) is 7.99. The van der Waals surface area contributed by atoms with Gasteiger partial charge in [-0.05, 0) is 31.5 Å². The third-order valence-corrected chi connectivity index (χ3v) is 4.73. The van der Waals surface area contributed by atoms with E-state index in [0.29, 0.717) is 11.4 Å². The van der Waals surface area contributed by atoms with E-state index in [-0.39, 0.29) is 5.91 Å². The van der Waals surface area contributed by atoms with Crippen LogP contribution in [0.5, 0.6) is 0 Å². The highest BCUT2D eigenvalue weighted by Crippen LogP contribution is 2.31. The highest BCUT2D eigenvalue weighted by atomic mass is 32.1. The van der Waals surface area contributed by atoms with Gasteiger partial charge in [0.15, 0.2) is 0 Å². The normalized spacial score (nSPS) is 11.0. The molecule has 0 aliphatic rings. The fraction of sp³-hybridized carbons (Fsp3) is 0.312. The number of nitrogens with zero attached hydrogens (tertiary/aromatic N) is 2. The van der Waals surface area contributed by atoms with Crippen molar-refractivity contribution >= 4 is 27.5 Å². The van der Waals surface area contributed by atoms with Crippen LogP contribution >= 0.6 is 11.3 Å². The standard InChI is InChI=1S/C16H17N3O2S/c1-4-12-18-10(3)13-9(2)14(22-16(13)19-12)15(20)17-8-11-6-5-7-21-11/h5-7H,4,8H2,1-3H3,(H,17,20). The Bertz CT molecular complexity index is 822. The zero-order valence-electron chi connectivity index (χ0n) is 12.8. The lowest BCUT2D eigenvalue weighted by Gasteiger charge is -2.02. The van der Waals surface area contributed by atoms with Gasteiger partial charge in [0, 0.05) is 17.5 Å². The minimum absolute atomic E-state index is 0.102. The molecule has 1 amide bonds. The van der Waals surface area contributed by atoms with E-state index in [0.717, 1.165) is 39.5 Å². The van der Waals surface area contributed by atoms with Gasteiger partial charge in [-0.1, -0.05) is 6.92 Å². The van der Waals surface area contributed by atoms with Gasteiger partial charge in [0.1, 0.15) is 16.4 Å². The summed E-state index contributed by atoms with van der Waals surface area (Å²) in [5.74, 6) is 1.44. The lowest BCUT2D eigenvalue weighted by molar-refractivity contribution is 0.0951. The number of amides is 1. The summed E-state index contributed by atoms with van der Waals surface area (Å²) < 4.78 is 5.22. The molecule has 3 rings (SSSR count). The molecule has 0 spiro atoms. The molecule has 3 heterocycles. The van der Waals surface area contributed by atoms with E-state index in [2.05, 4.69) is 15.3 Å². The summed E-state index contributed by atoms with van der Waals surface area (Å²) in [5, 5.41) is 3.87. The van der Waals surface area contributed by atoms with Gasteiger partial charge in [0.05, 0.1) is 17.7 Å². The minimum Gasteiger partial charge on any atom is -0.467 e. The largest absolute Gasteiger partial charge is 0.467 e. The molecule has 3 aromatic heterocycles. The third kappa shape index (κ3) is 2.62. The summed E-state index contributed by atoms with van der Waals surface area (Å²) in [7, 11) is 0. The predicted molar refractivity (Wildman–Crippen MR) is 86.1 cm³/mol. The van der Waals surface area contributed by atoms with Gasteiger partial charge >= 0.3 is 0 Å². The number of rotatable bonds is 4. The molecule has 0 saturated carbocycles. The number of furan rings is 1. The number of carbonyl (C=O) groups excluding carboxylic acids is 1. The molecular weight excluding hydrogens is 298 g/mol. The first kappa shape index (κ1) is 14.7. The monoisotopic (exact) mass is 315 g/mol.